The lowest BCUT2D eigenvalue weighted by Gasteiger charge is -2.18. The lowest BCUT2D eigenvalue weighted by atomic mass is 10.1. The molecule has 4 heteroatoms. The Labute approximate surface area is 188 Å². The molecule has 1 N–H and O–H groups in total. The summed E-state index contributed by atoms with van der Waals surface area (Å²) < 4.78 is 7.06. The molecule has 0 aliphatic carbocycles. The Morgan fingerprint density at radius 2 is 1.68 bits per heavy atom. The average molecular weight is 428 g/mol. The summed E-state index contributed by atoms with van der Waals surface area (Å²) in [6, 6.07) is 14.9. The number of ether oxygens (including phenoxy) is 1. The largest absolute Gasteiger partial charge is 0.469 e. The molecule has 1 atom stereocenters. The second kappa shape index (κ2) is 14.9. The van der Waals surface area contributed by atoms with Crippen LogP contribution in [0.25, 0.3) is 0 Å². The predicted octanol–water partition coefficient (Wildman–Crippen LogP) is 6.40. The van der Waals surface area contributed by atoms with Gasteiger partial charge in [-0.1, -0.05) is 75.8 Å². The van der Waals surface area contributed by atoms with E-state index in [1.165, 1.54) is 37.6 Å². The Kier molecular flexibility index (Phi) is 12.1. The van der Waals surface area contributed by atoms with Crippen LogP contribution in [-0.2, 0) is 28.9 Å². The zero-order valence-electron chi connectivity index (χ0n) is 19.5. The zero-order valence-corrected chi connectivity index (χ0v) is 19.5. The molecule has 4 nitrogen and oxygen atoms in total. The number of aliphatic hydroxyl groups is 1. The normalized spacial score (nSPS) is 12.1. The highest BCUT2D eigenvalue weighted by Crippen LogP contribution is 2.24. The number of unbranched alkanes of at least 4 members (excludes halogenated alkanes) is 6. The van der Waals surface area contributed by atoms with Crippen LogP contribution in [0.5, 0.6) is 0 Å². The Morgan fingerprint density at radius 1 is 0.935 bits per heavy atom. The number of aliphatic hydroxyl groups excluding tert-OH is 1. The van der Waals surface area contributed by atoms with Gasteiger partial charge in [0.15, 0.2) is 0 Å². The van der Waals surface area contributed by atoms with E-state index in [1.807, 2.05) is 0 Å². The van der Waals surface area contributed by atoms with Gasteiger partial charge in [-0.05, 0) is 49.8 Å². The molecule has 0 fully saturated rings. The topological polar surface area (TPSA) is 51.5 Å². The number of methoxy groups -OCH3 is 1. The second-order valence-corrected chi connectivity index (χ2v) is 8.49. The quantitative estimate of drug-likeness (QED) is 0.249. The fourth-order valence-corrected chi connectivity index (χ4v) is 4.14. The van der Waals surface area contributed by atoms with Crippen molar-refractivity contribution in [3.8, 4) is 0 Å². The summed E-state index contributed by atoms with van der Waals surface area (Å²) in [7, 11) is 1.45. The van der Waals surface area contributed by atoms with Crippen molar-refractivity contribution in [2.75, 3.05) is 7.11 Å². The first-order valence-electron chi connectivity index (χ1n) is 12.1. The van der Waals surface area contributed by atoms with Gasteiger partial charge in [-0.3, -0.25) is 4.79 Å². The van der Waals surface area contributed by atoms with Gasteiger partial charge in [0.2, 0.25) is 0 Å². The molecule has 2 rings (SSSR count). The number of esters is 1. The fourth-order valence-electron chi connectivity index (χ4n) is 4.14. The first-order valence-corrected chi connectivity index (χ1v) is 12.1. The molecule has 0 radical (unpaired) electrons. The molecule has 0 spiro atoms. The van der Waals surface area contributed by atoms with Crippen LogP contribution in [-0.4, -0.2) is 22.8 Å². The van der Waals surface area contributed by atoms with E-state index in [1.54, 1.807) is 0 Å². The maximum Gasteiger partial charge on any atom is 0.305 e. The molecule has 0 amide bonds. The number of rotatable bonds is 16. The summed E-state index contributed by atoms with van der Waals surface area (Å²) in [4.78, 5) is 11.2. The smallest absolute Gasteiger partial charge is 0.305 e. The number of carbonyl (C=O) groups excluding carboxylic acids is 1. The number of nitrogens with zero attached hydrogens (tertiary/aromatic N) is 1. The summed E-state index contributed by atoms with van der Waals surface area (Å²) in [5, 5.41) is 10.8. The Hall–Kier alpha value is -2.07. The molecule has 0 aliphatic heterocycles. The third-order valence-corrected chi connectivity index (χ3v) is 6.04. The van der Waals surface area contributed by atoms with Crippen molar-refractivity contribution in [2.24, 2.45) is 0 Å². The molecule has 0 bridgehead atoms. The number of hydrogen-bond donors (Lipinski definition) is 1. The van der Waals surface area contributed by atoms with Gasteiger partial charge in [0, 0.05) is 24.4 Å². The van der Waals surface area contributed by atoms with Crippen molar-refractivity contribution < 1.29 is 14.6 Å². The van der Waals surface area contributed by atoms with E-state index in [0.29, 0.717) is 6.42 Å². The molecule has 0 saturated carbocycles. The minimum Gasteiger partial charge on any atom is -0.469 e. The highest BCUT2D eigenvalue weighted by molar-refractivity contribution is 5.68. The maximum atomic E-state index is 11.2. The third kappa shape index (κ3) is 9.30. The maximum absolute atomic E-state index is 11.2. The van der Waals surface area contributed by atoms with Gasteiger partial charge in [-0.15, -0.1) is 0 Å². The van der Waals surface area contributed by atoms with Gasteiger partial charge in [0.1, 0.15) is 0 Å². The van der Waals surface area contributed by atoms with Crippen LogP contribution in [0, 0.1) is 0 Å². The minimum atomic E-state index is -0.380. The van der Waals surface area contributed by atoms with Crippen molar-refractivity contribution in [1.82, 2.24) is 4.57 Å². The standard InChI is InChI=1S/C27H41NO3/c1-3-4-9-17-26(29)25-20-19-24(16-12-6-5-7-13-18-27(30)31-2)28(25)22-21-23-14-10-8-11-15-23/h8,10-11,14-15,19-20,26,29H,3-7,9,12-13,16-18,21-22H2,1-2H3. The monoisotopic (exact) mass is 427 g/mol. The van der Waals surface area contributed by atoms with Crippen molar-refractivity contribution >= 4 is 5.97 Å². The molecule has 1 aromatic heterocycles. The van der Waals surface area contributed by atoms with Crippen molar-refractivity contribution in [3.63, 3.8) is 0 Å². The third-order valence-electron chi connectivity index (χ3n) is 6.04. The van der Waals surface area contributed by atoms with Crippen LogP contribution in [0.2, 0.25) is 0 Å². The van der Waals surface area contributed by atoms with Gasteiger partial charge >= 0.3 is 5.97 Å². The van der Waals surface area contributed by atoms with Crippen LogP contribution in [0.1, 0.15) is 94.2 Å². The van der Waals surface area contributed by atoms with Gasteiger partial charge in [-0.2, -0.15) is 0 Å². The molecule has 0 saturated heterocycles. The number of carbonyl (C=O) groups is 1. The molecule has 0 aliphatic rings. The summed E-state index contributed by atoms with van der Waals surface area (Å²) in [5.74, 6) is -0.110. The molecule has 172 valence electrons. The number of benzene rings is 1. The van der Waals surface area contributed by atoms with E-state index in [0.717, 1.165) is 63.6 Å². The van der Waals surface area contributed by atoms with Crippen LogP contribution in [0.15, 0.2) is 42.5 Å². The van der Waals surface area contributed by atoms with E-state index >= 15 is 0 Å². The predicted molar refractivity (Wildman–Crippen MR) is 127 cm³/mol. The second-order valence-electron chi connectivity index (χ2n) is 8.49. The molecule has 1 heterocycles. The Balaban J connectivity index is 1.90. The Morgan fingerprint density at radius 3 is 2.42 bits per heavy atom. The number of aryl methyl sites for hydroxylation is 2. The molecule has 1 aromatic carbocycles. The van der Waals surface area contributed by atoms with Gasteiger partial charge in [0.05, 0.1) is 13.2 Å². The van der Waals surface area contributed by atoms with Crippen LogP contribution in [0.3, 0.4) is 0 Å². The van der Waals surface area contributed by atoms with E-state index in [4.69, 9.17) is 4.74 Å². The van der Waals surface area contributed by atoms with Crippen LogP contribution < -0.4 is 0 Å². The van der Waals surface area contributed by atoms with Crippen molar-refractivity contribution in [2.45, 2.75) is 96.6 Å². The molecular weight excluding hydrogens is 386 g/mol. The number of aromatic nitrogens is 1. The van der Waals surface area contributed by atoms with Gasteiger partial charge < -0.3 is 14.4 Å². The van der Waals surface area contributed by atoms with Crippen LogP contribution in [0.4, 0.5) is 0 Å². The van der Waals surface area contributed by atoms with E-state index < -0.39 is 0 Å². The fraction of sp³-hybridized carbons (Fsp3) is 0.593. The van der Waals surface area contributed by atoms with E-state index in [9.17, 15) is 9.90 Å². The molecular formula is C27H41NO3. The van der Waals surface area contributed by atoms with Gasteiger partial charge in [0.25, 0.3) is 0 Å². The molecule has 31 heavy (non-hydrogen) atoms. The summed E-state index contributed by atoms with van der Waals surface area (Å²) >= 11 is 0. The van der Waals surface area contributed by atoms with Gasteiger partial charge in [-0.25, -0.2) is 0 Å². The van der Waals surface area contributed by atoms with Crippen LogP contribution >= 0.6 is 0 Å². The van der Waals surface area contributed by atoms with E-state index in [2.05, 4.69) is 54.0 Å². The summed E-state index contributed by atoms with van der Waals surface area (Å²) in [6.07, 6.45) is 11.8. The average Bonchev–Trinajstić information content (AvgIpc) is 3.20. The highest BCUT2D eigenvalue weighted by atomic mass is 16.5. The lowest BCUT2D eigenvalue weighted by Crippen LogP contribution is -2.12. The zero-order chi connectivity index (χ0) is 22.3. The first kappa shape index (κ1) is 25.2. The SMILES string of the molecule is CCCCCC(O)c1ccc(CCCCCCCC(=O)OC)n1CCc1ccccc1. The summed E-state index contributed by atoms with van der Waals surface area (Å²) in [5.41, 5.74) is 3.73. The molecule has 2 aromatic rings. The first-order chi connectivity index (χ1) is 15.2. The molecule has 1 unspecified atom stereocenters. The highest BCUT2D eigenvalue weighted by Gasteiger charge is 2.15. The van der Waals surface area contributed by atoms with Crippen molar-refractivity contribution in [3.05, 3.63) is 59.4 Å². The van der Waals surface area contributed by atoms with E-state index in [-0.39, 0.29) is 12.1 Å². The number of hydrogen-bond acceptors (Lipinski definition) is 3. The Bertz CT molecular complexity index is 738. The summed E-state index contributed by atoms with van der Waals surface area (Å²) in [6.45, 7) is 3.11. The minimum absolute atomic E-state index is 0.110. The lowest BCUT2D eigenvalue weighted by molar-refractivity contribution is -0.140. The van der Waals surface area contributed by atoms with Crippen molar-refractivity contribution in [1.29, 1.82) is 0 Å².